The predicted molar refractivity (Wildman–Crippen MR) is 152 cm³/mol. The van der Waals surface area contributed by atoms with Crippen LogP contribution in [-0.4, -0.2) is 58.1 Å². The standard InChI is InChI=1S/C31H36N6O/c1-23-9-5-6-12-25(23)21-32-31(38)27-26-13-7-8-15-37(26)29-28(27)33-22-34-30(29)36-19-17-35(18-20-36)16-14-24-10-3-2-4-11-24/h2-6,9-12,22H,7-8,13-21H2,1H3,(H,32,38). The van der Waals surface area contributed by atoms with Crippen LogP contribution in [-0.2, 0) is 25.9 Å². The van der Waals surface area contributed by atoms with Crippen LogP contribution in [0.4, 0.5) is 5.82 Å². The van der Waals surface area contributed by atoms with Crippen molar-refractivity contribution in [3.63, 3.8) is 0 Å². The summed E-state index contributed by atoms with van der Waals surface area (Å²) in [7, 11) is 0. The minimum absolute atomic E-state index is 0.0377. The van der Waals surface area contributed by atoms with E-state index in [2.05, 4.69) is 74.1 Å². The van der Waals surface area contributed by atoms with Crippen molar-refractivity contribution in [3.05, 3.63) is 88.9 Å². The van der Waals surface area contributed by atoms with E-state index < -0.39 is 0 Å². The molecular formula is C31H36N6O. The molecule has 2 aliphatic rings. The SMILES string of the molecule is Cc1ccccc1CNC(=O)c1c2n(c3c(N4CCN(CCc5ccccc5)CC4)ncnc13)CCCC2. The molecule has 38 heavy (non-hydrogen) atoms. The van der Waals surface area contributed by atoms with Crippen molar-refractivity contribution < 1.29 is 4.79 Å². The van der Waals surface area contributed by atoms with Crippen LogP contribution in [0.15, 0.2) is 60.9 Å². The number of rotatable bonds is 7. The molecule has 0 radical (unpaired) electrons. The van der Waals surface area contributed by atoms with Crippen LogP contribution in [0.25, 0.3) is 11.0 Å². The van der Waals surface area contributed by atoms with Crippen molar-refractivity contribution in [3.8, 4) is 0 Å². The number of carbonyl (C=O) groups is 1. The van der Waals surface area contributed by atoms with Crippen LogP contribution in [0.2, 0.25) is 0 Å². The lowest BCUT2D eigenvalue weighted by Crippen LogP contribution is -2.47. The third kappa shape index (κ3) is 4.90. The Kier molecular flexibility index (Phi) is 7.10. The van der Waals surface area contributed by atoms with Crippen LogP contribution in [0.5, 0.6) is 0 Å². The number of benzene rings is 2. The van der Waals surface area contributed by atoms with E-state index in [1.54, 1.807) is 6.33 Å². The van der Waals surface area contributed by atoms with Gasteiger partial charge in [0.15, 0.2) is 5.82 Å². The monoisotopic (exact) mass is 508 g/mol. The molecule has 6 rings (SSSR count). The summed E-state index contributed by atoms with van der Waals surface area (Å²) in [6.07, 6.45) is 5.82. The molecule has 0 unspecified atom stereocenters. The molecule has 0 saturated carbocycles. The topological polar surface area (TPSA) is 66.3 Å². The molecule has 196 valence electrons. The first-order valence-electron chi connectivity index (χ1n) is 13.9. The molecule has 4 aromatic rings. The first-order valence-corrected chi connectivity index (χ1v) is 13.9. The van der Waals surface area contributed by atoms with Crippen molar-refractivity contribution >= 4 is 22.8 Å². The molecule has 0 spiro atoms. The van der Waals surface area contributed by atoms with Crippen molar-refractivity contribution in [1.29, 1.82) is 0 Å². The maximum atomic E-state index is 13.6. The van der Waals surface area contributed by atoms with Gasteiger partial charge in [-0.2, -0.15) is 0 Å². The summed E-state index contributed by atoms with van der Waals surface area (Å²) in [6.45, 7) is 8.45. The van der Waals surface area contributed by atoms with Gasteiger partial charge in [0.25, 0.3) is 5.91 Å². The zero-order valence-corrected chi connectivity index (χ0v) is 22.2. The molecule has 1 N–H and O–H groups in total. The molecule has 2 aliphatic heterocycles. The van der Waals surface area contributed by atoms with Crippen molar-refractivity contribution in [2.75, 3.05) is 37.6 Å². The normalized spacial score (nSPS) is 16.0. The molecule has 1 saturated heterocycles. The fraction of sp³-hybridized carbons (Fsp3) is 0.387. The fourth-order valence-corrected chi connectivity index (χ4v) is 5.93. The van der Waals surface area contributed by atoms with Crippen molar-refractivity contribution in [1.82, 2.24) is 24.8 Å². The van der Waals surface area contributed by atoms with Gasteiger partial charge in [0, 0.05) is 51.5 Å². The number of carbonyl (C=O) groups excluding carboxylic acids is 1. The molecule has 0 bridgehead atoms. The van der Waals surface area contributed by atoms with Gasteiger partial charge in [-0.05, 0) is 49.3 Å². The smallest absolute Gasteiger partial charge is 0.255 e. The quantitative estimate of drug-likeness (QED) is 0.402. The molecule has 2 aromatic carbocycles. The molecule has 1 fully saturated rings. The zero-order valence-electron chi connectivity index (χ0n) is 22.2. The van der Waals surface area contributed by atoms with Gasteiger partial charge >= 0.3 is 0 Å². The first-order chi connectivity index (χ1) is 18.7. The number of aromatic nitrogens is 3. The predicted octanol–water partition coefficient (Wildman–Crippen LogP) is 4.37. The molecule has 0 atom stereocenters. The van der Waals surface area contributed by atoms with Crippen LogP contribution in [0.3, 0.4) is 0 Å². The molecule has 2 aromatic heterocycles. The zero-order chi connectivity index (χ0) is 25.9. The highest BCUT2D eigenvalue weighted by Crippen LogP contribution is 2.34. The van der Waals surface area contributed by atoms with Gasteiger partial charge in [-0.25, -0.2) is 9.97 Å². The number of piperazine rings is 1. The number of nitrogens with zero attached hydrogens (tertiary/aromatic N) is 5. The lowest BCUT2D eigenvalue weighted by atomic mass is 10.1. The van der Waals surface area contributed by atoms with E-state index in [9.17, 15) is 4.79 Å². The van der Waals surface area contributed by atoms with E-state index in [1.165, 1.54) is 11.1 Å². The van der Waals surface area contributed by atoms with Gasteiger partial charge in [-0.3, -0.25) is 9.69 Å². The summed E-state index contributed by atoms with van der Waals surface area (Å²) < 4.78 is 2.33. The Morgan fingerprint density at radius 3 is 2.53 bits per heavy atom. The van der Waals surface area contributed by atoms with Crippen molar-refractivity contribution in [2.45, 2.75) is 45.7 Å². The second-order valence-corrected chi connectivity index (χ2v) is 10.5. The number of nitrogens with one attached hydrogen (secondary N) is 1. The van der Waals surface area contributed by atoms with Gasteiger partial charge in [-0.15, -0.1) is 0 Å². The number of hydrogen-bond acceptors (Lipinski definition) is 5. The summed E-state index contributed by atoms with van der Waals surface area (Å²) in [5.41, 5.74) is 7.38. The molecular weight excluding hydrogens is 472 g/mol. The summed E-state index contributed by atoms with van der Waals surface area (Å²) in [4.78, 5) is 28.0. The summed E-state index contributed by atoms with van der Waals surface area (Å²) in [5, 5.41) is 3.18. The average Bonchev–Trinajstić information content (AvgIpc) is 3.31. The Morgan fingerprint density at radius 2 is 1.71 bits per heavy atom. The second kappa shape index (κ2) is 11.0. The maximum Gasteiger partial charge on any atom is 0.255 e. The Morgan fingerprint density at radius 1 is 0.921 bits per heavy atom. The Hall–Kier alpha value is -3.71. The third-order valence-electron chi connectivity index (χ3n) is 8.13. The largest absolute Gasteiger partial charge is 0.352 e. The van der Waals surface area contributed by atoms with Crippen LogP contribution < -0.4 is 10.2 Å². The van der Waals surface area contributed by atoms with E-state index in [4.69, 9.17) is 4.98 Å². The van der Waals surface area contributed by atoms with Crippen LogP contribution in [0.1, 0.15) is 45.6 Å². The minimum atomic E-state index is -0.0377. The van der Waals surface area contributed by atoms with E-state index >= 15 is 0 Å². The molecule has 7 heteroatoms. The summed E-state index contributed by atoms with van der Waals surface area (Å²) >= 11 is 0. The third-order valence-corrected chi connectivity index (χ3v) is 8.13. The maximum absolute atomic E-state index is 13.6. The highest BCUT2D eigenvalue weighted by atomic mass is 16.1. The second-order valence-electron chi connectivity index (χ2n) is 10.5. The average molecular weight is 509 g/mol. The number of hydrogen-bond donors (Lipinski definition) is 1. The summed E-state index contributed by atoms with van der Waals surface area (Å²) in [6, 6.07) is 18.9. The molecule has 7 nitrogen and oxygen atoms in total. The lowest BCUT2D eigenvalue weighted by Gasteiger charge is -2.35. The highest BCUT2D eigenvalue weighted by Gasteiger charge is 2.29. The highest BCUT2D eigenvalue weighted by molar-refractivity contribution is 6.09. The Bertz CT molecular complexity index is 1420. The fourth-order valence-electron chi connectivity index (χ4n) is 5.93. The van der Waals surface area contributed by atoms with Crippen molar-refractivity contribution in [2.24, 2.45) is 0 Å². The van der Waals surface area contributed by atoms with Gasteiger partial charge in [0.05, 0.1) is 5.56 Å². The Balaban J connectivity index is 1.22. The first kappa shape index (κ1) is 24.6. The summed E-state index contributed by atoms with van der Waals surface area (Å²) in [5.74, 6) is 0.933. The van der Waals surface area contributed by atoms with Crippen LogP contribution in [0, 0.1) is 6.92 Å². The molecule has 1 amide bonds. The Labute approximate surface area is 224 Å². The lowest BCUT2D eigenvalue weighted by molar-refractivity contribution is 0.0951. The van der Waals surface area contributed by atoms with Gasteiger partial charge in [0.2, 0.25) is 0 Å². The van der Waals surface area contributed by atoms with E-state index in [-0.39, 0.29) is 5.91 Å². The van der Waals surface area contributed by atoms with E-state index in [0.717, 1.165) is 98.6 Å². The van der Waals surface area contributed by atoms with Gasteiger partial charge in [0.1, 0.15) is 17.4 Å². The van der Waals surface area contributed by atoms with Crippen LogP contribution >= 0.6 is 0 Å². The number of aryl methyl sites for hydroxylation is 2. The van der Waals surface area contributed by atoms with E-state index in [1.807, 2.05) is 12.1 Å². The minimum Gasteiger partial charge on any atom is -0.352 e. The number of anilines is 1. The number of amides is 1. The molecule has 0 aliphatic carbocycles. The van der Waals surface area contributed by atoms with E-state index in [0.29, 0.717) is 6.54 Å². The number of fused-ring (bicyclic) bond motifs is 3. The van der Waals surface area contributed by atoms with Gasteiger partial charge < -0.3 is 14.8 Å². The van der Waals surface area contributed by atoms with Gasteiger partial charge in [-0.1, -0.05) is 54.6 Å². The molecule has 4 heterocycles.